The molecule has 0 unspecified atom stereocenters. The number of hydrogen-bond donors (Lipinski definition) is 3. The minimum Gasteiger partial charge on any atom is -0.423 e. The maximum absolute atomic E-state index is 11.5. The van der Waals surface area contributed by atoms with Gasteiger partial charge in [0.05, 0.1) is 0 Å². The van der Waals surface area contributed by atoms with Crippen LogP contribution in [0.4, 0.5) is 0 Å². The highest BCUT2D eigenvalue weighted by molar-refractivity contribution is 7.87. The van der Waals surface area contributed by atoms with E-state index in [2.05, 4.69) is 4.72 Å². The summed E-state index contributed by atoms with van der Waals surface area (Å²) in [6, 6.07) is 6.66. The largest absolute Gasteiger partial charge is 0.488 e. The molecule has 8 heteroatoms. The highest BCUT2D eigenvalue weighted by Crippen LogP contribution is 2.10. The lowest BCUT2D eigenvalue weighted by Crippen LogP contribution is -2.37. The first-order valence-electron chi connectivity index (χ1n) is 5.19. The summed E-state index contributed by atoms with van der Waals surface area (Å²) in [4.78, 5) is 0. The van der Waals surface area contributed by atoms with E-state index < -0.39 is 17.3 Å². The molecule has 1 aliphatic rings. The molecule has 6 nitrogen and oxygen atoms in total. The van der Waals surface area contributed by atoms with Crippen molar-refractivity contribution in [3.05, 3.63) is 29.8 Å². The summed E-state index contributed by atoms with van der Waals surface area (Å²) in [6.45, 7) is 0.910. The molecule has 0 aromatic heterocycles. The van der Waals surface area contributed by atoms with Gasteiger partial charge in [-0.05, 0) is 11.0 Å². The zero-order valence-corrected chi connectivity index (χ0v) is 9.89. The average Bonchev–Trinajstić information content (AvgIpc) is 2.59. The van der Waals surface area contributed by atoms with E-state index >= 15 is 0 Å². The van der Waals surface area contributed by atoms with E-state index in [1.165, 1.54) is 4.31 Å². The van der Waals surface area contributed by atoms with Crippen molar-refractivity contribution in [1.29, 1.82) is 0 Å². The van der Waals surface area contributed by atoms with Crippen LogP contribution >= 0.6 is 0 Å². The van der Waals surface area contributed by atoms with Crippen molar-refractivity contribution < 1.29 is 18.5 Å². The Morgan fingerprint density at radius 1 is 1.35 bits per heavy atom. The molecule has 1 fully saturated rings. The van der Waals surface area contributed by atoms with Crippen LogP contribution in [0.3, 0.4) is 0 Å². The summed E-state index contributed by atoms with van der Waals surface area (Å²) in [5, 5.41) is 18.4. The zero-order chi connectivity index (χ0) is 12.5. The Morgan fingerprint density at radius 2 is 2.06 bits per heavy atom. The monoisotopic (exact) mass is 256 g/mol. The van der Waals surface area contributed by atoms with Gasteiger partial charge in [0.15, 0.2) is 0 Å². The van der Waals surface area contributed by atoms with E-state index in [-0.39, 0.29) is 6.54 Å². The fraction of sp³-hybridized carbons (Fsp3) is 0.333. The Morgan fingerprint density at radius 3 is 2.65 bits per heavy atom. The van der Waals surface area contributed by atoms with Crippen molar-refractivity contribution in [1.82, 2.24) is 9.03 Å². The molecular weight excluding hydrogens is 243 g/mol. The van der Waals surface area contributed by atoms with Gasteiger partial charge in [0.1, 0.15) is 0 Å². The minimum absolute atomic E-state index is 0.142. The first-order valence-corrected chi connectivity index (χ1v) is 6.63. The molecule has 1 saturated heterocycles. The zero-order valence-electron chi connectivity index (χ0n) is 9.07. The van der Waals surface area contributed by atoms with Crippen molar-refractivity contribution in [3.63, 3.8) is 0 Å². The van der Waals surface area contributed by atoms with E-state index in [0.717, 1.165) is 0 Å². The molecule has 0 radical (unpaired) electrons. The number of rotatable bonds is 3. The van der Waals surface area contributed by atoms with E-state index in [4.69, 9.17) is 0 Å². The highest BCUT2D eigenvalue weighted by Gasteiger charge is 2.29. The molecule has 17 heavy (non-hydrogen) atoms. The predicted molar refractivity (Wildman–Crippen MR) is 63.6 cm³/mol. The topological polar surface area (TPSA) is 89.9 Å². The Kier molecular flexibility index (Phi) is 3.50. The summed E-state index contributed by atoms with van der Waals surface area (Å²) < 4.78 is 26.7. The van der Waals surface area contributed by atoms with E-state index in [1.807, 2.05) is 0 Å². The second-order valence-corrected chi connectivity index (χ2v) is 5.56. The number of benzene rings is 1. The van der Waals surface area contributed by atoms with Crippen LogP contribution in [0.15, 0.2) is 24.3 Å². The van der Waals surface area contributed by atoms with E-state index in [9.17, 15) is 18.5 Å². The van der Waals surface area contributed by atoms with Gasteiger partial charge in [-0.2, -0.15) is 12.7 Å². The molecule has 0 atom stereocenters. The molecule has 0 amide bonds. The predicted octanol–water partition coefficient (Wildman–Crippen LogP) is -1.98. The summed E-state index contributed by atoms with van der Waals surface area (Å²) >= 11 is 0. The first kappa shape index (κ1) is 12.5. The van der Waals surface area contributed by atoms with Gasteiger partial charge in [0, 0.05) is 19.6 Å². The Bertz CT molecular complexity index is 505. The van der Waals surface area contributed by atoms with Gasteiger partial charge in [-0.25, -0.2) is 4.72 Å². The highest BCUT2D eigenvalue weighted by atomic mass is 32.2. The third kappa shape index (κ3) is 2.67. The van der Waals surface area contributed by atoms with Crippen LogP contribution in [0.1, 0.15) is 5.56 Å². The lowest BCUT2D eigenvalue weighted by Gasteiger charge is -2.15. The first-order chi connectivity index (χ1) is 8.00. The van der Waals surface area contributed by atoms with Gasteiger partial charge >= 0.3 is 7.12 Å². The van der Waals surface area contributed by atoms with Crippen LogP contribution in [-0.2, 0) is 16.8 Å². The van der Waals surface area contributed by atoms with Gasteiger partial charge in [-0.3, -0.25) is 0 Å². The van der Waals surface area contributed by atoms with E-state index in [1.54, 1.807) is 24.3 Å². The third-order valence-electron chi connectivity index (χ3n) is 2.67. The van der Waals surface area contributed by atoms with Gasteiger partial charge in [0.2, 0.25) is 0 Å². The van der Waals surface area contributed by atoms with Gasteiger partial charge < -0.3 is 10.0 Å². The van der Waals surface area contributed by atoms with Crippen molar-refractivity contribution in [3.8, 4) is 0 Å². The van der Waals surface area contributed by atoms with Gasteiger partial charge in [-0.15, -0.1) is 0 Å². The molecule has 1 aromatic carbocycles. The quantitative estimate of drug-likeness (QED) is 0.546. The molecule has 0 spiro atoms. The fourth-order valence-corrected chi connectivity index (χ4v) is 2.97. The van der Waals surface area contributed by atoms with Crippen LogP contribution in [0.2, 0.25) is 0 Å². The van der Waals surface area contributed by atoms with Crippen molar-refractivity contribution in [2.45, 2.75) is 6.54 Å². The maximum atomic E-state index is 11.5. The van der Waals surface area contributed by atoms with Crippen LogP contribution in [0.25, 0.3) is 0 Å². The van der Waals surface area contributed by atoms with Crippen LogP contribution in [0.5, 0.6) is 0 Å². The van der Waals surface area contributed by atoms with Gasteiger partial charge in [0.25, 0.3) is 10.2 Å². The molecule has 3 N–H and O–H groups in total. The third-order valence-corrected chi connectivity index (χ3v) is 4.23. The smallest absolute Gasteiger partial charge is 0.423 e. The molecule has 2 rings (SSSR count). The molecular formula is C9H13BN2O4S. The Labute approximate surface area is 100 Å². The number of nitrogens with one attached hydrogen (secondary N) is 1. The number of nitrogens with zero attached hydrogens (tertiary/aromatic N) is 1. The lowest BCUT2D eigenvalue weighted by molar-refractivity contribution is 0.421. The Hall–Kier alpha value is -0.925. The van der Waals surface area contributed by atoms with Gasteiger partial charge in [-0.1, -0.05) is 24.3 Å². The average molecular weight is 256 g/mol. The standard InChI is InChI=1S/C9H13BN2O4S/c13-10(14)9-4-2-1-3-8(9)7-12-6-5-11-17(12,15)16/h1-4,11,13-14H,5-7H2. The Balaban J connectivity index is 2.25. The maximum Gasteiger partial charge on any atom is 0.488 e. The second kappa shape index (κ2) is 4.75. The van der Waals surface area contributed by atoms with Crippen LogP contribution in [-0.4, -0.2) is 43.0 Å². The second-order valence-electron chi connectivity index (χ2n) is 3.81. The molecule has 0 aliphatic carbocycles. The molecule has 0 saturated carbocycles. The summed E-state index contributed by atoms with van der Waals surface area (Å²) in [5.74, 6) is 0. The number of hydrogen-bond acceptors (Lipinski definition) is 4. The summed E-state index contributed by atoms with van der Waals surface area (Å²) in [5.41, 5.74) is 0.921. The van der Waals surface area contributed by atoms with Crippen molar-refractivity contribution in [2.75, 3.05) is 13.1 Å². The van der Waals surface area contributed by atoms with Crippen molar-refractivity contribution in [2.24, 2.45) is 0 Å². The minimum atomic E-state index is -3.41. The molecule has 1 aromatic rings. The lowest BCUT2D eigenvalue weighted by atomic mass is 9.77. The summed E-state index contributed by atoms with van der Waals surface area (Å²) in [7, 11) is -5.00. The molecule has 92 valence electrons. The SMILES string of the molecule is O=S1(=O)NCCN1Cc1ccccc1B(O)O. The van der Waals surface area contributed by atoms with Crippen LogP contribution in [0, 0.1) is 0 Å². The summed E-state index contributed by atoms with van der Waals surface area (Å²) in [6.07, 6.45) is 0. The van der Waals surface area contributed by atoms with Crippen LogP contribution < -0.4 is 10.2 Å². The molecule has 1 aliphatic heterocycles. The van der Waals surface area contributed by atoms with E-state index in [0.29, 0.717) is 24.1 Å². The molecule has 0 bridgehead atoms. The molecule has 1 heterocycles. The normalized spacial score (nSPS) is 19.4. The fourth-order valence-electron chi connectivity index (χ4n) is 1.79. The van der Waals surface area contributed by atoms with Crippen molar-refractivity contribution >= 4 is 22.8 Å².